The Morgan fingerprint density at radius 3 is 2.52 bits per heavy atom. The van der Waals surface area contributed by atoms with Crippen LogP contribution in [-0.2, 0) is 4.79 Å². The van der Waals surface area contributed by atoms with E-state index in [2.05, 4.69) is 28.9 Å². The van der Waals surface area contributed by atoms with E-state index in [-0.39, 0.29) is 5.91 Å². The van der Waals surface area contributed by atoms with E-state index in [1.807, 2.05) is 36.9 Å². The quantitative estimate of drug-likeness (QED) is 0.859. The molecule has 0 unspecified atom stereocenters. The van der Waals surface area contributed by atoms with Gasteiger partial charge in [0.1, 0.15) is 5.82 Å². The molecule has 0 aliphatic carbocycles. The van der Waals surface area contributed by atoms with E-state index >= 15 is 0 Å². The number of aryl methyl sites for hydroxylation is 2. The molecule has 2 aromatic rings. The van der Waals surface area contributed by atoms with Gasteiger partial charge >= 0.3 is 0 Å². The molecule has 1 amide bonds. The number of hydrogen-bond donors (Lipinski definition) is 0. The minimum absolute atomic E-state index is 0.265. The molecule has 25 heavy (non-hydrogen) atoms. The number of benzene rings is 1. The van der Waals surface area contributed by atoms with Gasteiger partial charge in [0.15, 0.2) is 5.82 Å². The summed E-state index contributed by atoms with van der Waals surface area (Å²) in [5.74, 6) is 1.98. The molecule has 3 rings (SSSR count). The number of rotatable bonds is 4. The van der Waals surface area contributed by atoms with E-state index in [4.69, 9.17) is 4.98 Å². The van der Waals surface area contributed by atoms with Crippen molar-refractivity contribution in [1.82, 2.24) is 14.9 Å². The van der Waals surface area contributed by atoms with Crippen LogP contribution in [0.25, 0.3) is 11.4 Å². The maximum Gasteiger partial charge on any atom is 0.222 e. The largest absolute Gasteiger partial charge is 0.353 e. The maximum atomic E-state index is 12.0. The van der Waals surface area contributed by atoms with Gasteiger partial charge in [0, 0.05) is 49.9 Å². The van der Waals surface area contributed by atoms with E-state index in [9.17, 15) is 4.79 Å². The van der Waals surface area contributed by atoms with Crippen molar-refractivity contribution in [3.63, 3.8) is 0 Å². The Hall–Kier alpha value is -2.43. The van der Waals surface area contributed by atoms with Gasteiger partial charge in [-0.05, 0) is 26.3 Å². The third-order valence-electron chi connectivity index (χ3n) is 4.54. The van der Waals surface area contributed by atoms with E-state index < -0.39 is 0 Å². The van der Waals surface area contributed by atoms with E-state index in [1.165, 1.54) is 5.56 Å². The lowest BCUT2D eigenvalue weighted by molar-refractivity contribution is -0.131. The van der Waals surface area contributed by atoms with Gasteiger partial charge in [-0.3, -0.25) is 4.79 Å². The third-order valence-corrected chi connectivity index (χ3v) is 4.54. The summed E-state index contributed by atoms with van der Waals surface area (Å²) in [6, 6.07) is 10.3. The van der Waals surface area contributed by atoms with E-state index in [0.29, 0.717) is 6.42 Å². The minimum atomic E-state index is 0.265. The smallest absolute Gasteiger partial charge is 0.222 e. The van der Waals surface area contributed by atoms with E-state index in [0.717, 1.165) is 55.5 Å². The van der Waals surface area contributed by atoms with Crippen LogP contribution in [-0.4, -0.2) is 47.0 Å². The lowest BCUT2D eigenvalue weighted by Crippen LogP contribution is -2.49. The second kappa shape index (κ2) is 7.64. The molecule has 1 aromatic carbocycles. The Balaban J connectivity index is 1.77. The molecular formula is C20H26N4O. The highest BCUT2D eigenvalue weighted by Gasteiger charge is 2.22. The van der Waals surface area contributed by atoms with Crippen molar-refractivity contribution < 1.29 is 4.79 Å². The molecule has 2 heterocycles. The van der Waals surface area contributed by atoms with Crippen LogP contribution in [0, 0.1) is 13.8 Å². The van der Waals surface area contributed by atoms with Crippen molar-refractivity contribution in [3.8, 4) is 11.4 Å². The number of anilines is 1. The van der Waals surface area contributed by atoms with Crippen molar-refractivity contribution in [3.05, 3.63) is 41.6 Å². The summed E-state index contributed by atoms with van der Waals surface area (Å²) >= 11 is 0. The van der Waals surface area contributed by atoms with Gasteiger partial charge in [-0.1, -0.05) is 30.7 Å². The highest BCUT2D eigenvalue weighted by atomic mass is 16.2. The van der Waals surface area contributed by atoms with Crippen LogP contribution in [0.4, 0.5) is 5.82 Å². The first-order valence-corrected chi connectivity index (χ1v) is 9.02. The van der Waals surface area contributed by atoms with E-state index in [1.54, 1.807) is 0 Å². The number of amides is 1. The molecule has 0 atom stereocenters. The second-order valence-corrected chi connectivity index (χ2v) is 6.68. The average molecular weight is 338 g/mol. The number of piperazine rings is 1. The second-order valence-electron chi connectivity index (χ2n) is 6.68. The molecular weight excluding hydrogens is 312 g/mol. The summed E-state index contributed by atoms with van der Waals surface area (Å²) in [6.45, 7) is 9.30. The minimum Gasteiger partial charge on any atom is -0.353 e. The lowest BCUT2D eigenvalue weighted by Gasteiger charge is -2.35. The normalized spacial score (nSPS) is 14.7. The van der Waals surface area contributed by atoms with Gasteiger partial charge < -0.3 is 9.80 Å². The zero-order chi connectivity index (χ0) is 17.8. The van der Waals surface area contributed by atoms with Crippen LogP contribution in [0.1, 0.15) is 31.0 Å². The first kappa shape index (κ1) is 17.4. The fourth-order valence-electron chi connectivity index (χ4n) is 3.18. The Bertz CT molecular complexity index is 751. The molecule has 132 valence electrons. The van der Waals surface area contributed by atoms with Crippen molar-refractivity contribution in [2.24, 2.45) is 0 Å². The monoisotopic (exact) mass is 338 g/mol. The van der Waals surface area contributed by atoms with Crippen molar-refractivity contribution >= 4 is 11.7 Å². The standard InChI is InChI=1S/C20H26N4O/c1-4-6-19(25)24-11-9-23(10-12-24)18-14-16(3)21-20(22-18)17-8-5-7-15(2)13-17/h5,7-8,13-14H,4,6,9-12H2,1-3H3. The lowest BCUT2D eigenvalue weighted by atomic mass is 10.1. The highest BCUT2D eigenvalue weighted by Crippen LogP contribution is 2.22. The number of nitrogens with zero attached hydrogens (tertiary/aromatic N) is 4. The fraction of sp³-hybridized carbons (Fsp3) is 0.450. The summed E-state index contributed by atoms with van der Waals surface area (Å²) in [5, 5.41) is 0. The molecule has 1 aliphatic rings. The number of carbonyl (C=O) groups is 1. The summed E-state index contributed by atoms with van der Waals surface area (Å²) in [7, 11) is 0. The van der Waals surface area contributed by atoms with Gasteiger partial charge in [0.05, 0.1) is 0 Å². The van der Waals surface area contributed by atoms with Crippen molar-refractivity contribution in [1.29, 1.82) is 0 Å². The first-order chi connectivity index (χ1) is 12.1. The molecule has 5 heteroatoms. The zero-order valence-electron chi connectivity index (χ0n) is 15.3. The molecule has 5 nitrogen and oxygen atoms in total. The zero-order valence-corrected chi connectivity index (χ0v) is 15.3. The van der Waals surface area contributed by atoms with Crippen LogP contribution in [0.2, 0.25) is 0 Å². The van der Waals surface area contributed by atoms with Crippen LogP contribution < -0.4 is 4.90 Å². The summed E-state index contributed by atoms with van der Waals surface area (Å²) in [5.41, 5.74) is 3.21. The predicted molar refractivity (Wildman–Crippen MR) is 101 cm³/mol. The molecule has 0 bridgehead atoms. The predicted octanol–water partition coefficient (Wildman–Crippen LogP) is 3.21. The summed E-state index contributed by atoms with van der Waals surface area (Å²) in [4.78, 5) is 25.7. The van der Waals surface area contributed by atoms with Crippen LogP contribution >= 0.6 is 0 Å². The third kappa shape index (κ3) is 4.16. The van der Waals surface area contributed by atoms with Crippen molar-refractivity contribution in [2.45, 2.75) is 33.6 Å². The first-order valence-electron chi connectivity index (χ1n) is 9.02. The fourth-order valence-corrected chi connectivity index (χ4v) is 3.18. The maximum absolute atomic E-state index is 12.0. The molecule has 0 radical (unpaired) electrons. The molecule has 1 fully saturated rings. The molecule has 1 aliphatic heterocycles. The van der Waals surface area contributed by atoms with Gasteiger partial charge in [-0.2, -0.15) is 0 Å². The number of hydrogen-bond acceptors (Lipinski definition) is 4. The Morgan fingerprint density at radius 2 is 1.84 bits per heavy atom. The number of carbonyl (C=O) groups excluding carboxylic acids is 1. The van der Waals surface area contributed by atoms with Gasteiger partial charge in [-0.25, -0.2) is 9.97 Å². The Kier molecular flexibility index (Phi) is 5.31. The van der Waals surface area contributed by atoms with Gasteiger partial charge in [-0.15, -0.1) is 0 Å². The number of aromatic nitrogens is 2. The highest BCUT2D eigenvalue weighted by molar-refractivity contribution is 5.76. The van der Waals surface area contributed by atoms with Crippen LogP contribution in [0.5, 0.6) is 0 Å². The Morgan fingerprint density at radius 1 is 1.08 bits per heavy atom. The Labute approximate surface area is 149 Å². The SMILES string of the molecule is CCCC(=O)N1CCN(c2cc(C)nc(-c3cccc(C)c3)n2)CC1. The van der Waals surface area contributed by atoms with Crippen molar-refractivity contribution in [2.75, 3.05) is 31.1 Å². The topological polar surface area (TPSA) is 49.3 Å². The average Bonchev–Trinajstić information content (AvgIpc) is 2.61. The summed E-state index contributed by atoms with van der Waals surface area (Å²) in [6.07, 6.45) is 1.55. The molecule has 1 aromatic heterocycles. The van der Waals surface area contributed by atoms with Crippen LogP contribution in [0.15, 0.2) is 30.3 Å². The van der Waals surface area contributed by atoms with Gasteiger partial charge in [0.25, 0.3) is 0 Å². The molecule has 0 N–H and O–H groups in total. The molecule has 0 spiro atoms. The summed E-state index contributed by atoms with van der Waals surface area (Å²) < 4.78 is 0. The molecule has 0 saturated carbocycles. The van der Waals surface area contributed by atoms with Gasteiger partial charge in [0.2, 0.25) is 5.91 Å². The van der Waals surface area contributed by atoms with Crippen LogP contribution in [0.3, 0.4) is 0 Å². The molecule has 1 saturated heterocycles.